The van der Waals surface area contributed by atoms with Crippen molar-refractivity contribution in [3.63, 3.8) is 0 Å². The molecule has 0 aliphatic heterocycles. The number of esters is 1. The second-order valence-corrected chi connectivity index (χ2v) is 4.06. The van der Waals surface area contributed by atoms with Gasteiger partial charge in [-0.25, -0.2) is 4.79 Å². The van der Waals surface area contributed by atoms with Crippen LogP contribution in [-0.2, 0) is 9.53 Å². The summed E-state index contributed by atoms with van der Waals surface area (Å²) in [7, 11) is 0. The van der Waals surface area contributed by atoms with Crippen molar-refractivity contribution in [2.45, 2.75) is 27.2 Å². The third kappa shape index (κ3) is 3.58. The van der Waals surface area contributed by atoms with Crippen molar-refractivity contribution in [2.24, 2.45) is 5.92 Å². The average Bonchev–Trinajstić information content (AvgIpc) is 2.38. The normalized spacial score (nSPS) is 11.7. The first-order valence-corrected chi connectivity index (χ1v) is 6.17. The van der Waals surface area contributed by atoms with Gasteiger partial charge in [-0.2, -0.15) is 0 Å². The molecule has 1 atom stereocenters. The fourth-order valence-corrected chi connectivity index (χ4v) is 1.42. The van der Waals surface area contributed by atoms with E-state index in [9.17, 15) is 9.59 Å². The standard InChI is InChI=1S/C14H19NO3/c1-4-10(3)13(16)15-12-9-7-6-8-11(12)14(17)18-5-2/h6-10H,4-5H2,1-3H3,(H,15,16)/t10-/m0/s1. The summed E-state index contributed by atoms with van der Waals surface area (Å²) in [4.78, 5) is 23.5. The Kier molecular flexibility index (Phi) is 5.36. The molecule has 1 aromatic rings. The van der Waals surface area contributed by atoms with Gasteiger partial charge in [-0.15, -0.1) is 0 Å². The van der Waals surface area contributed by atoms with Crippen LogP contribution in [0.5, 0.6) is 0 Å². The average molecular weight is 249 g/mol. The third-order valence-corrected chi connectivity index (χ3v) is 2.74. The van der Waals surface area contributed by atoms with E-state index in [1.54, 1.807) is 31.2 Å². The third-order valence-electron chi connectivity index (χ3n) is 2.74. The summed E-state index contributed by atoms with van der Waals surface area (Å²) in [5.74, 6) is -0.591. The molecule has 0 unspecified atom stereocenters. The van der Waals surface area contributed by atoms with Gasteiger partial charge in [-0.05, 0) is 25.5 Å². The number of rotatable bonds is 5. The van der Waals surface area contributed by atoms with Crippen LogP contribution in [0.1, 0.15) is 37.6 Å². The van der Waals surface area contributed by atoms with Crippen LogP contribution in [0.15, 0.2) is 24.3 Å². The summed E-state index contributed by atoms with van der Waals surface area (Å²) < 4.78 is 4.95. The summed E-state index contributed by atoms with van der Waals surface area (Å²) >= 11 is 0. The lowest BCUT2D eigenvalue weighted by atomic mass is 10.1. The molecule has 0 aliphatic carbocycles. The summed E-state index contributed by atoms with van der Waals surface area (Å²) in [6, 6.07) is 6.86. The van der Waals surface area contributed by atoms with Gasteiger partial charge in [-0.3, -0.25) is 4.79 Å². The van der Waals surface area contributed by atoms with Crippen LogP contribution in [-0.4, -0.2) is 18.5 Å². The van der Waals surface area contributed by atoms with Crippen LogP contribution in [0.4, 0.5) is 5.69 Å². The van der Waals surface area contributed by atoms with E-state index in [-0.39, 0.29) is 11.8 Å². The molecule has 98 valence electrons. The van der Waals surface area contributed by atoms with E-state index in [0.29, 0.717) is 17.9 Å². The van der Waals surface area contributed by atoms with Gasteiger partial charge in [0.05, 0.1) is 17.9 Å². The predicted octanol–water partition coefficient (Wildman–Crippen LogP) is 2.85. The Labute approximate surface area is 107 Å². The highest BCUT2D eigenvalue weighted by molar-refractivity contribution is 6.01. The van der Waals surface area contributed by atoms with Crippen LogP contribution in [0.25, 0.3) is 0 Å². The minimum atomic E-state index is -0.419. The van der Waals surface area contributed by atoms with Crippen LogP contribution >= 0.6 is 0 Å². The number of anilines is 1. The van der Waals surface area contributed by atoms with Crippen molar-refractivity contribution in [1.82, 2.24) is 0 Å². The predicted molar refractivity (Wildman–Crippen MR) is 70.5 cm³/mol. The Bertz CT molecular complexity index is 429. The van der Waals surface area contributed by atoms with E-state index < -0.39 is 5.97 Å². The van der Waals surface area contributed by atoms with Crippen molar-refractivity contribution in [1.29, 1.82) is 0 Å². The highest BCUT2D eigenvalue weighted by atomic mass is 16.5. The molecular formula is C14H19NO3. The molecule has 18 heavy (non-hydrogen) atoms. The molecular weight excluding hydrogens is 230 g/mol. The van der Waals surface area contributed by atoms with Gasteiger partial charge < -0.3 is 10.1 Å². The monoisotopic (exact) mass is 249 g/mol. The lowest BCUT2D eigenvalue weighted by molar-refractivity contribution is -0.119. The van der Waals surface area contributed by atoms with Gasteiger partial charge in [-0.1, -0.05) is 26.0 Å². The van der Waals surface area contributed by atoms with Crippen molar-refractivity contribution < 1.29 is 14.3 Å². The van der Waals surface area contributed by atoms with Crippen LogP contribution in [0.2, 0.25) is 0 Å². The maximum Gasteiger partial charge on any atom is 0.340 e. The zero-order chi connectivity index (χ0) is 13.5. The number of hydrogen-bond acceptors (Lipinski definition) is 3. The van der Waals surface area contributed by atoms with E-state index in [0.717, 1.165) is 6.42 Å². The maximum atomic E-state index is 11.8. The molecule has 0 saturated carbocycles. The molecule has 0 fully saturated rings. The molecule has 0 spiro atoms. The van der Waals surface area contributed by atoms with Gasteiger partial charge in [0.2, 0.25) is 5.91 Å². The minimum absolute atomic E-state index is 0.0831. The second kappa shape index (κ2) is 6.79. The number of ether oxygens (including phenoxy) is 1. The molecule has 0 saturated heterocycles. The molecule has 1 rings (SSSR count). The van der Waals surface area contributed by atoms with E-state index in [1.165, 1.54) is 0 Å². The Balaban J connectivity index is 2.89. The van der Waals surface area contributed by atoms with Crippen LogP contribution in [0.3, 0.4) is 0 Å². The van der Waals surface area contributed by atoms with E-state index >= 15 is 0 Å². The van der Waals surface area contributed by atoms with Gasteiger partial charge in [0.15, 0.2) is 0 Å². The van der Waals surface area contributed by atoms with E-state index in [4.69, 9.17) is 4.74 Å². The summed E-state index contributed by atoms with van der Waals surface area (Å²) in [6.07, 6.45) is 0.757. The molecule has 4 heteroatoms. The largest absolute Gasteiger partial charge is 0.462 e. The van der Waals surface area contributed by atoms with Crippen molar-refractivity contribution in [3.8, 4) is 0 Å². The Morgan fingerprint density at radius 3 is 2.56 bits per heavy atom. The highest BCUT2D eigenvalue weighted by Gasteiger charge is 2.16. The lowest BCUT2D eigenvalue weighted by Crippen LogP contribution is -2.21. The number of carbonyl (C=O) groups excluding carboxylic acids is 2. The van der Waals surface area contributed by atoms with Gasteiger partial charge >= 0.3 is 5.97 Å². The molecule has 0 heterocycles. The quantitative estimate of drug-likeness (QED) is 0.816. The summed E-state index contributed by atoms with van der Waals surface area (Å²) in [5, 5.41) is 2.76. The summed E-state index contributed by atoms with van der Waals surface area (Å²) in [6.45, 7) is 5.86. The number of nitrogens with one attached hydrogen (secondary N) is 1. The van der Waals surface area contributed by atoms with Crippen molar-refractivity contribution in [2.75, 3.05) is 11.9 Å². The van der Waals surface area contributed by atoms with Gasteiger partial charge in [0.1, 0.15) is 0 Å². The van der Waals surface area contributed by atoms with E-state index in [1.807, 2.05) is 13.8 Å². The first kappa shape index (κ1) is 14.2. The zero-order valence-corrected chi connectivity index (χ0v) is 11.0. The first-order chi connectivity index (χ1) is 8.60. The molecule has 0 aromatic heterocycles. The number of carbonyl (C=O) groups is 2. The van der Waals surface area contributed by atoms with Crippen LogP contribution < -0.4 is 5.32 Å². The fraction of sp³-hybridized carbons (Fsp3) is 0.429. The molecule has 0 bridgehead atoms. The smallest absolute Gasteiger partial charge is 0.340 e. The molecule has 0 radical (unpaired) electrons. The van der Waals surface area contributed by atoms with Gasteiger partial charge in [0, 0.05) is 5.92 Å². The fourth-order valence-electron chi connectivity index (χ4n) is 1.42. The molecule has 1 aromatic carbocycles. The molecule has 1 N–H and O–H groups in total. The lowest BCUT2D eigenvalue weighted by Gasteiger charge is -2.13. The SMILES string of the molecule is CCOC(=O)c1ccccc1NC(=O)[C@@H](C)CC. The van der Waals surface area contributed by atoms with Crippen LogP contribution in [0, 0.1) is 5.92 Å². The minimum Gasteiger partial charge on any atom is -0.462 e. The zero-order valence-electron chi connectivity index (χ0n) is 11.0. The molecule has 0 aliphatic rings. The summed E-state index contributed by atoms with van der Waals surface area (Å²) in [5.41, 5.74) is 0.886. The number of amides is 1. The number of benzene rings is 1. The number of hydrogen-bond donors (Lipinski definition) is 1. The first-order valence-electron chi connectivity index (χ1n) is 6.17. The van der Waals surface area contributed by atoms with E-state index in [2.05, 4.69) is 5.32 Å². The Hall–Kier alpha value is -1.84. The molecule has 4 nitrogen and oxygen atoms in total. The van der Waals surface area contributed by atoms with Gasteiger partial charge in [0.25, 0.3) is 0 Å². The number of para-hydroxylation sites is 1. The van der Waals surface area contributed by atoms with Crippen molar-refractivity contribution >= 4 is 17.6 Å². The Morgan fingerprint density at radius 2 is 1.94 bits per heavy atom. The second-order valence-electron chi connectivity index (χ2n) is 4.06. The highest BCUT2D eigenvalue weighted by Crippen LogP contribution is 2.17. The topological polar surface area (TPSA) is 55.4 Å². The maximum absolute atomic E-state index is 11.8. The Morgan fingerprint density at radius 1 is 1.28 bits per heavy atom. The molecule has 1 amide bonds. The van der Waals surface area contributed by atoms with Crippen molar-refractivity contribution in [3.05, 3.63) is 29.8 Å².